The first-order valence-electron chi connectivity index (χ1n) is 17.6. The summed E-state index contributed by atoms with van der Waals surface area (Å²) in [5, 5.41) is 64.1. The zero-order valence-corrected chi connectivity index (χ0v) is 30.3. The third-order valence-corrected chi connectivity index (χ3v) is 13.3. The van der Waals surface area contributed by atoms with Gasteiger partial charge in [0.05, 0.1) is 12.7 Å². The van der Waals surface area contributed by atoms with E-state index in [0.29, 0.717) is 12.0 Å². The highest BCUT2D eigenvalue weighted by Crippen LogP contribution is 2.73. The molecule has 13 heteroatoms. The van der Waals surface area contributed by atoms with Gasteiger partial charge >= 0.3 is 5.97 Å². The number of ketones is 3. The summed E-state index contributed by atoms with van der Waals surface area (Å²) in [4.78, 5) is 53.6. The van der Waals surface area contributed by atoms with Crippen LogP contribution in [0.1, 0.15) is 93.9 Å². The van der Waals surface area contributed by atoms with Crippen molar-refractivity contribution in [2.24, 2.45) is 34.0 Å². The van der Waals surface area contributed by atoms with Crippen molar-refractivity contribution in [1.82, 2.24) is 0 Å². The number of aliphatic hydroxyl groups excluding tert-OH is 5. The van der Waals surface area contributed by atoms with Gasteiger partial charge in [-0.25, -0.2) is 0 Å². The predicted molar refractivity (Wildman–Crippen MR) is 176 cm³/mol. The molecule has 13 nitrogen and oxygen atoms in total. The molecule has 280 valence electrons. The van der Waals surface area contributed by atoms with E-state index < -0.39 is 100 Å². The van der Waals surface area contributed by atoms with E-state index in [9.17, 15) is 49.8 Å². The number of allylic oxidation sites excluding steroid dienone is 4. The first-order chi connectivity index (χ1) is 23.0. The van der Waals surface area contributed by atoms with E-state index in [1.165, 1.54) is 13.8 Å². The van der Waals surface area contributed by atoms with Crippen molar-refractivity contribution in [3.8, 4) is 0 Å². The average molecular weight is 707 g/mol. The predicted octanol–water partition coefficient (Wildman–Crippen LogP) is 1.43. The van der Waals surface area contributed by atoms with Crippen molar-refractivity contribution < 1.29 is 64.0 Å². The Morgan fingerprint density at radius 2 is 1.66 bits per heavy atom. The number of aliphatic hydroxyl groups is 6. The number of hydrogen-bond acceptors (Lipinski definition) is 13. The van der Waals surface area contributed by atoms with Crippen molar-refractivity contribution >= 4 is 23.3 Å². The van der Waals surface area contributed by atoms with Crippen LogP contribution in [0.3, 0.4) is 0 Å². The molecule has 0 bridgehead atoms. The van der Waals surface area contributed by atoms with Crippen LogP contribution in [0.2, 0.25) is 0 Å². The number of ether oxygens (including phenoxy) is 3. The Bertz CT molecular complexity index is 1490. The Kier molecular flexibility index (Phi) is 9.95. The van der Waals surface area contributed by atoms with Gasteiger partial charge in [0.25, 0.3) is 0 Å². The molecule has 2 saturated carbocycles. The lowest BCUT2D eigenvalue weighted by Gasteiger charge is -2.63. The molecule has 1 aliphatic heterocycles. The SMILES string of the molecule is CC(=O)OC(C)(C)CCC(=O)[C@](C)(O)[C@H]1[C@H](O)C[C@@]2(C)[C@@H]3CC=C4C(C)=C(O[C@@H]5O[C@H](CO)[C@@H](O)[C@H](O)[C@H]5O)C(=O)C[C@H]4[C@]3(C)C(=O)C[C@]12C. The van der Waals surface area contributed by atoms with Gasteiger partial charge in [0.15, 0.2) is 17.3 Å². The van der Waals surface area contributed by atoms with Crippen LogP contribution in [0.25, 0.3) is 0 Å². The Morgan fingerprint density at radius 1 is 1.02 bits per heavy atom. The minimum atomic E-state index is -1.99. The summed E-state index contributed by atoms with van der Waals surface area (Å²) in [5.41, 5.74) is -4.49. The van der Waals surface area contributed by atoms with Crippen molar-refractivity contribution in [2.75, 3.05) is 6.61 Å². The van der Waals surface area contributed by atoms with Gasteiger partial charge in [-0.3, -0.25) is 19.2 Å². The summed E-state index contributed by atoms with van der Waals surface area (Å²) in [6.07, 6.45) is -6.29. The molecule has 0 aromatic carbocycles. The number of carbonyl (C=O) groups excluding carboxylic acids is 4. The summed E-state index contributed by atoms with van der Waals surface area (Å²) < 4.78 is 16.7. The zero-order valence-electron chi connectivity index (χ0n) is 30.3. The Hall–Kier alpha value is -2.52. The maximum absolute atomic E-state index is 14.6. The zero-order chi connectivity index (χ0) is 37.5. The van der Waals surface area contributed by atoms with Gasteiger partial charge in [0, 0.05) is 43.4 Å². The van der Waals surface area contributed by atoms with E-state index in [4.69, 9.17) is 14.2 Å². The summed E-state index contributed by atoms with van der Waals surface area (Å²) in [5.74, 6) is -3.51. The molecule has 0 amide bonds. The Labute approximate surface area is 292 Å². The molecule has 0 aromatic heterocycles. The second-order valence-corrected chi connectivity index (χ2v) is 16.8. The van der Waals surface area contributed by atoms with Gasteiger partial charge in [-0.2, -0.15) is 0 Å². The minimum absolute atomic E-state index is 0.0322. The fourth-order valence-electron chi connectivity index (χ4n) is 10.5. The number of Topliss-reactive ketones (excluding diaryl/α,β-unsaturated/α-hetero) is 3. The summed E-state index contributed by atoms with van der Waals surface area (Å²) in [6, 6.07) is 0. The lowest BCUT2D eigenvalue weighted by atomic mass is 9.39. The third-order valence-electron chi connectivity index (χ3n) is 13.3. The average Bonchev–Trinajstić information content (AvgIpc) is 3.22. The molecule has 3 fully saturated rings. The van der Waals surface area contributed by atoms with Crippen LogP contribution >= 0.6 is 0 Å². The lowest BCUT2D eigenvalue weighted by molar-refractivity contribution is -0.291. The largest absolute Gasteiger partial charge is 0.460 e. The highest BCUT2D eigenvalue weighted by atomic mass is 16.7. The fourth-order valence-corrected chi connectivity index (χ4v) is 10.5. The highest BCUT2D eigenvalue weighted by Gasteiger charge is 2.74. The molecule has 0 aromatic rings. The second-order valence-electron chi connectivity index (χ2n) is 16.8. The van der Waals surface area contributed by atoms with Crippen LogP contribution in [-0.2, 0) is 33.4 Å². The first kappa shape index (κ1) is 38.7. The molecule has 6 N–H and O–H groups in total. The third kappa shape index (κ3) is 5.81. The van der Waals surface area contributed by atoms with E-state index in [0.717, 1.165) is 5.57 Å². The summed E-state index contributed by atoms with van der Waals surface area (Å²) in [6.45, 7) is 12.8. The minimum Gasteiger partial charge on any atom is -0.460 e. The highest BCUT2D eigenvalue weighted by molar-refractivity contribution is 5.99. The van der Waals surface area contributed by atoms with Crippen molar-refractivity contribution in [3.05, 3.63) is 23.0 Å². The van der Waals surface area contributed by atoms with Gasteiger partial charge in [-0.05, 0) is 74.9 Å². The number of hydrogen-bond donors (Lipinski definition) is 6. The lowest BCUT2D eigenvalue weighted by Crippen LogP contribution is -2.64. The molecular weight excluding hydrogens is 652 g/mol. The molecule has 5 aliphatic rings. The molecule has 5 rings (SSSR count). The van der Waals surface area contributed by atoms with Crippen LogP contribution < -0.4 is 0 Å². The molecule has 0 spiro atoms. The number of rotatable bonds is 9. The van der Waals surface area contributed by atoms with E-state index in [1.54, 1.807) is 20.8 Å². The smallest absolute Gasteiger partial charge is 0.303 e. The molecule has 4 aliphatic carbocycles. The van der Waals surface area contributed by atoms with Crippen LogP contribution in [0.4, 0.5) is 0 Å². The Balaban J connectivity index is 1.45. The number of fused-ring (bicyclic) bond motifs is 5. The number of esters is 1. The van der Waals surface area contributed by atoms with Crippen LogP contribution in [0.15, 0.2) is 23.0 Å². The van der Waals surface area contributed by atoms with Crippen molar-refractivity contribution in [2.45, 2.75) is 142 Å². The first-order valence-corrected chi connectivity index (χ1v) is 17.6. The van der Waals surface area contributed by atoms with Gasteiger partial charge in [0.2, 0.25) is 6.29 Å². The van der Waals surface area contributed by atoms with Crippen molar-refractivity contribution in [1.29, 1.82) is 0 Å². The molecule has 0 radical (unpaired) electrons. The van der Waals surface area contributed by atoms with Gasteiger partial charge in [-0.1, -0.05) is 26.8 Å². The Morgan fingerprint density at radius 3 is 2.26 bits per heavy atom. The maximum atomic E-state index is 14.6. The molecular formula is C37H54O13. The molecule has 1 saturated heterocycles. The van der Waals surface area contributed by atoms with Crippen molar-refractivity contribution in [3.63, 3.8) is 0 Å². The van der Waals surface area contributed by atoms with E-state index in [1.807, 2.05) is 26.8 Å². The van der Waals surface area contributed by atoms with E-state index >= 15 is 0 Å². The molecule has 50 heavy (non-hydrogen) atoms. The van der Waals surface area contributed by atoms with E-state index in [2.05, 4.69) is 0 Å². The van der Waals surface area contributed by atoms with Crippen LogP contribution in [0.5, 0.6) is 0 Å². The monoisotopic (exact) mass is 706 g/mol. The summed E-state index contributed by atoms with van der Waals surface area (Å²) >= 11 is 0. The van der Waals surface area contributed by atoms with Gasteiger partial charge < -0.3 is 44.8 Å². The normalized spacial score (nSPS) is 42.9. The molecule has 0 unspecified atom stereocenters. The summed E-state index contributed by atoms with van der Waals surface area (Å²) in [7, 11) is 0. The fraction of sp³-hybridized carbons (Fsp3) is 0.784. The van der Waals surface area contributed by atoms with E-state index in [-0.39, 0.29) is 49.6 Å². The topological polar surface area (TPSA) is 217 Å². The molecule has 1 heterocycles. The molecule has 13 atom stereocenters. The maximum Gasteiger partial charge on any atom is 0.303 e. The quantitative estimate of drug-likeness (QED) is 0.187. The standard InChI is InChI=1S/C37H54O13/c1-17-19-9-10-24-34(5)14-22(41)31(37(8,47)25(42)11-12-33(3,4)50-18(2)39)35(34,6)15-26(43)36(24,7)20(19)13-21(40)30(17)49-32-29(46)28(45)27(44)23(16-38)48-32/h9,20,22-24,27-29,31-32,38,41,44-47H,10-16H2,1-8H3/t20-,22-,23-,24+,27-,28+,29-,31+,32+,34+,35-,36+,37+/m1/s1. The second kappa shape index (κ2) is 12.9. The van der Waals surface area contributed by atoms with Crippen LogP contribution in [0, 0.1) is 34.0 Å². The van der Waals surface area contributed by atoms with Gasteiger partial charge in [-0.15, -0.1) is 0 Å². The van der Waals surface area contributed by atoms with Gasteiger partial charge in [0.1, 0.15) is 41.4 Å². The van der Waals surface area contributed by atoms with Crippen LogP contribution in [-0.4, -0.2) is 109 Å². The number of carbonyl (C=O) groups is 4.